The van der Waals surface area contributed by atoms with Gasteiger partial charge in [0.25, 0.3) is 0 Å². The molecule has 1 aliphatic rings. The molecule has 1 aromatic heterocycles. The Labute approximate surface area is 165 Å². The molecule has 5 heteroatoms. The molecule has 0 radical (unpaired) electrons. The number of hydrogen-bond acceptors (Lipinski definition) is 5. The number of ether oxygens (including phenoxy) is 1. The number of nitrogens with zero attached hydrogens (tertiary/aromatic N) is 2. The van der Waals surface area contributed by atoms with Crippen LogP contribution in [0.1, 0.15) is 78.3 Å². The van der Waals surface area contributed by atoms with Crippen LogP contribution in [-0.4, -0.2) is 28.8 Å². The van der Waals surface area contributed by atoms with Gasteiger partial charge in [-0.3, -0.25) is 9.78 Å². The number of allylic oxidation sites excluding steroid dienone is 1. The second kappa shape index (κ2) is 7.30. The summed E-state index contributed by atoms with van der Waals surface area (Å²) in [6.45, 7) is 8.66. The topological polar surface area (TPSA) is 69.2 Å². The molecular formula is C23H26N2O3. The number of esters is 1. The van der Waals surface area contributed by atoms with Gasteiger partial charge in [0.15, 0.2) is 0 Å². The van der Waals surface area contributed by atoms with Gasteiger partial charge in [0, 0.05) is 10.8 Å². The van der Waals surface area contributed by atoms with Gasteiger partial charge in [-0.25, -0.2) is 9.78 Å². The lowest BCUT2D eigenvalue weighted by atomic mass is 9.67. The van der Waals surface area contributed by atoms with E-state index in [-0.39, 0.29) is 22.6 Å². The summed E-state index contributed by atoms with van der Waals surface area (Å²) in [5.74, 6) is -0.576. The van der Waals surface area contributed by atoms with E-state index in [1.807, 2.05) is 0 Å². The Morgan fingerprint density at radius 3 is 2.21 bits per heavy atom. The fourth-order valence-electron chi connectivity index (χ4n) is 3.44. The second-order valence-corrected chi connectivity index (χ2v) is 8.53. The van der Waals surface area contributed by atoms with E-state index in [4.69, 9.17) is 4.98 Å². The molecule has 0 bridgehead atoms. The average molecular weight is 378 g/mol. The summed E-state index contributed by atoms with van der Waals surface area (Å²) in [5, 5.41) is 0. The number of carbonyl (C=O) groups excluding carboxylic acids is 2. The molecule has 3 rings (SSSR count). The number of aromatic nitrogens is 2. The van der Waals surface area contributed by atoms with Crippen molar-refractivity contribution in [2.45, 2.75) is 51.4 Å². The second-order valence-electron chi connectivity index (χ2n) is 8.53. The highest BCUT2D eigenvalue weighted by Gasteiger charge is 2.39. The highest BCUT2D eigenvalue weighted by atomic mass is 16.5. The predicted octanol–water partition coefficient (Wildman–Crippen LogP) is 4.51. The van der Waals surface area contributed by atoms with Gasteiger partial charge in [-0.05, 0) is 36.6 Å². The van der Waals surface area contributed by atoms with Gasteiger partial charge < -0.3 is 4.74 Å². The van der Waals surface area contributed by atoms with E-state index in [9.17, 15) is 9.59 Å². The van der Waals surface area contributed by atoms with E-state index in [2.05, 4.69) is 37.4 Å². The average Bonchev–Trinajstić information content (AvgIpc) is 2.69. The first kappa shape index (κ1) is 19.9. The van der Waals surface area contributed by atoms with Crippen LogP contribution in [0.5, 0.6) is 0 Å². The summed E-state index contributed by atoms with van der Waals surface area (Å²) in [4.78, 5) is 33.4. The van der Waals surface area contributed by atoms with Crippen LogP contribution >= 0.6 is 0 Å². The quantitative estimate of drug-likeness (QED) is 0.445. The van der Waals surface area contributed by atoms with E-state index in [0.29, 0.717) is 11.3 Å². The van der Waals surface area contributed by atoms with Crippen molar-refractivity contribution in [1.82, 2.24) is 9.97 Å². The maximum absolute atomic E-state index is 12.6. The zero-order chi connectivity index (χ0) is 20.5. The minimum Gasteiger partial charge on any atom is -0.465 e. The third-order valence-electron chi connectivity index (χ3n) is 5.44. The number of hydrogen-bond donors (Lipinski definition) is 0. The SMILES string of the molecule is COC(=O)c1ccc(/C=C/C(=O)c2cnc3c(n2)C(C)(C)CCC3(C)C)cc1. The van der Waals surface area contributed by atoms with Gasteiger partial charge in [-0.1, -0.05) is 45.9 Å². The van der Waals surface area contributed by atoms with E-state index in [0.717, 1.165) is 29.8 Å². The molecule has 0 unspecified atom stereocenters. The summed E-state index contributed by atoms with van der Waals surface area (Å²) in [6, 6.07) is 6.86. The van der Waals surface area contributed by atoms with Gasteiger partial charge in [-0.2, -0.15) is 0 Å². The molecule has 0 saturated heterocycles. The van der Waals surface area contributed by atoms with Gasteiger partial charge in [-0.15, -0.1) is 0 Å². The largest absolute Gasteiger partial charge is 0.465 e. The smallest absolute Gasteiger partial charge is 0.337 e. The van der Waals surface area contributed by atoms with E-state index < -0.39 is 0 Å². The molecule has 0 fully saturated rings. The van der Waals surface area contributed by atoms with Crippen molar-refractivity contribution in [2.75, 3.05) is 7.11 Å². The summed E-state index contributed by atoms with van der Waals surface area (Å²) < 4.78 is 4.68. The van der Waals surface area contributed by atoms with Crippen LogP contribution in [0.3, 0.4) is 0 Å². The monoisotopic (exact) mass is 378 g/mol. The first-order valence-electron chi connectivity index (χ1n) is 9.43. The van der Waals surface area contributed by atoms with Crippen molar-refractivity contribution in [3.05, 3.63) is 64.7 Å². The standard InChI is InChI=1S/C23H26N2O3/c1-22(2)12-13-23(3,4)20-19(22)24-14-17(25-20)18(26)11-8-15-6-9-16(10-7-15)21(27)28-5/h6-11,14H,12-13H2,1-5H3/b11-8+. The van der Waals surface area contributed by atoms with Crippen LogP contribution in [0.2, 0.25) is 0 Å². The number of fused-ring (bicyclic) bond motifs is 1. The summed E-state index contributed by atoms with van der Waals surface area (Å²) in [7, 11) is 1.34. The molecule has 0 amide bonds. The lowest BCUT2D eigenvalue weighted by molar-refractivity contribution is 0.0600. The minimum absolute atomic E-state index is 0.0311. The molecule has 2 aromatic rings. The third kappa shape index (κ3) is 3.88. The van der Waals surface area contributed by atoms with Crippen LogP contribution in [0.25, 0.3) is 6.08 Å². The van der Waals surface area contributed by atoms with Crippen LogP contribution in [0, 0.1) is 0 Å². The Morgan fingerprint density at radius 1 is 1.00 bits per heavy atom. The van der Waals surface area contributed by atoms with E-state index in [1.54, 1.807) is 36.5 Å². The Hall–Kier alpha value is -2.82. The Morgan fingerprint density at radius 2 is 1.61 bits per heavy atom. The Kier molecular flexibility index (Phi) is 5.20. The van der Waals surface area contributed by atoms with Gasteiger partial charge in [0.1, 0.15) is 5.69 Å². The van der Waals surface area contributed by atoms with Crippen molar-refractivity contribution in [2.24, 2.45) is 0 Å². The van der Waals surface area contributed by atoms with Crippen LogP contribution < -0.4 is 0 Å². The lowest BCUT2D eigenvalue weighted by Gasteiger charge is -2.39. The molecule has 1 heterocycles. The molecule has 1 aliphatic carbocycles. The molecule has 0 atom stereocenters. The van der Waals surface area contributed by atoms with E-state index in [1.165, 1.54) is 13.2 Å². The molecule has 1 aromatic carbocycles. The number of methoxy groups -OCH3 is 1. The van der Waals surface area contributed by atoms with Crippen molar-refractivity contribution in [3.63, 3.8) is 0 Å². The Bertz CT molecular complexity index is 941. The fourth-order valence-corrected chi connectivity index (χ4v) is 3.44. The van der Waals surface area contributed by atoms with Crippen molar-refractivity contribution < 1.29 is 14.3 Å². The number of rotatable bonds is 4. The highest BCUT2D eigenvalue weighted by Crippen LogP contribution is 2.43. The third-order valence-corrected chi connectivity index (χ3v) is 5.44. The molecule has 0 aliphatic heterocycles. The first-order valence-corrected chi connectivity index (χ1v) is 9.43. The fraction of sp³-hybridized carbons (Fsp3) is 0.391. The minimum atomic E-state index is -0.388. The highest BCUT2D eigenvalue weighted by molar-refractivity contribution is 6.05. The maximum Gasteiger partial charge on any atom is 0.337 e. The van der Waals surface area contributed by atoms with Crippen molar-refractivity contribution >= 4 is 17.8 Å². The maximum atomic E-state index is 12.6. The number of carbonyl (C=O) groups is 2. The molecule has 28 heavy (non-hydrogen) atoms. The lowest BCUT2D eigenvalue weighted by Crippen LogP contribution is -2.36. The Balaban J connectivity index is 1.83. The van der Waals surface area contributed by atoms with Gasteiger partial charge >= 0.3 is 5.97 Å². The van der Waals surface area contributed by atoms with E-state index >= 15 is 0 Å². The summed E-state index contributed by atoms with van der Waals surface area (Å²) in [5.41, 5.74) is 3.42. The van der Waals surface area contributed by atoms with Gasteiger partial charge in [0.05, 0.1) is 30.3 Å². The molecule has 5 nitrogen and oxygen atoms in total. The first-order chi connectivity index (χ1) is 13.1. The van der Waals surface area contributed by atoms with Crippen LogP contribution in [-0.2, 0) is 15.6 Å². The molecule has 0 spiro atoms. The zero-order valence-corrected chi connectivity index (χ0v) is 17.1. The molecule has 146 valence electrons. The predicted molar refractivity (Wildman–Crippen MR) is 108 cm³/mol. The number of benzene rings is 1. The molecule has 0 N–H and O–H groups in total. The van der Waals surface area contributed by atoms with Crippen molar-refractivity contribution in [1.29, 1.82) is 0 Å². The molecule has 0 saturated carbocycles. The van der Waals surface area contributed by atoms with Gasteiger partial charge in [0.2, 0.25) is 5.78 Å². The van der Waals surface area contributed by atoms with Crippen LogP contribution in [0.15, 0.2) is 36.5 Å². The summed E-state index contributed by atoms with van der Waals surface area (Å²) >= 11 is 0. The number of ketones is 1. The van der Waals surface area contributed by atoms with Crippen LogP contribution in [0.4, 0.5) is 0 Å². The normalized spacial score (nSPS) is 17.2. The zero-order valence-electron chi connectivity index (χ0n) is 17.1. The molecular weight excluding hydrogens is 352 g/mol. The van der Waals surface area contributed by atoms with Crippen molar-refractivity contribution in [3.8, 4) is 0 Å². The summed E-state index contributed by atoms with van der Waals surface area (Å²) in [6.07, 6.45) is 6.84.